The Morgan fingerprint density at radius 1 is 0.743 bits per heavy atom. The maximum absolute atomic E-state index is 13.7. The van der Waals surface area contributed by atoms with Crippen LogP contribution in [-0.4, -0.2) is 124 Å². The molecule has 4 fully saturated rings. The fourth-order valence-electron chi connectivity index (χ4n) is 9.69. The van der Waals surface area contributed by atoms with Crippen LogP contribution in [0.4, 0.5) is 39.4 Å². The maximum atomic E-state index is 13.7. The van der Waals surface area contributed by atoms with Crippen LogP contribution >= 0.6 is 23.2 Å². The summed E-state index contributed by atoms with van der Waals surface area (Å²) >= 11 is 13.1. The number of aromatic nitrogens is 6. The molecule has 0 unspecified atom stereocenters. The first-order valence-corrected chi connectivity index (χ1v) is 25.5. The number of ether oxygens (including phenoxy) is 6. The number of carbonyl (C=O) groups excluding carboxylic acids is 1. The molecule has 388 valence electrons. The predicted molar refractivity (Wildman–Crippen MR) is 284 cm³/mol. The van der Waals surface area contributed by atoms with Gasteiger partial charge in [0.25, 0.3) is 0 Å². The van der Waals surface area contributed by atoms with E-state index in [2.05, 4.69) is 40.4 Å². The Bertz CT molecular complexity index is 3020. The van der Waals surface area contributed by atoms with E-state index in [-0.39, 0.29) is 24.3 Å². The van der Waals surface area contributed by atoms with Crippen LogP contribution < -0.4 is 40.5 Å². The van der Waals surface area contributed by atoms with Gasteiger partial charge in [-0.05, 0) is 103 Å². The van der Waals surface area contributed by atoms with Gasteiger partial charge in [0.05, 0.1) is 52.1 Å². The number of hydrogen-bond donors (Lipinski definition) is 3. The Kier molecular flexibility index (Phi) is 14.7. The van der Waals surface area contributed by atoms with Crippen molar-refractivity contribution in [3.8, 4) is 34.3 Å². The normalized spacial score (nSPS) is 21.3. The summed E-state index contributed by atoms with van der Waals surface area (Å²) < 4.78 is 33.7. The van der Waals surface area contributed by atoms with Crippen molar-refractivity contribution in [1.82, 2.24) is 29.9 Å². The molecule has 0 aromatic carbocycles. The number of amides is 2. The van der Waals surface area contributed by atoms with Crippen molar-refractivity contribution in [2.75, 3.05) is 83.7 Å². The van der Waals surface area contributed by atoms with Gasteiger partial charge in [-0.25, -0.2) is 14.8 Å². The third-order valence-electron chi connectivity index (χ3n) is 13.1. The number of nitrogens with zero attached hydrogens (tertiary/aromatic N) is 9. The Labute approximate surface area is 440 Å². The third kappa shape index (κ3) is 11.8. The molecule has 6 aromatic rings. The summed E-state index contributed by atoms with van der Waals surface area (Å²) in [6.07, 6.45) is 5.28. The van der Waals surface area contributed by atoms with Gasteiger partial charge in [-0.3, -0.25) is 20.2 Å². The Morgan fingerprint density at radius 3 is 1.93 bits per heavy atom. The first-order valence-electron chi connectivity index (χ1n) is 24.7. The number of halogens is 2. The van der Waals surface area contributed by atoms with Crippen molar-refractivity contribution >= 4 is 63.9 Å². The molecule has 12 rings (SSSR count). The summed E-state index contributed by atoms with van der Waals surface area (Å²) in [7, 11) is 0. The fraction of sp³-hybridized carbons (Fsp3) is 0.415. The van der Waals surface area contributed by atoms with Crippen molar-refractivity contribution in [3.63, 3.8) is 0 Å². The number of nitrogen functional groups attached to an aromatic ring is 1. The Hall–Kier alpha value is -6.61. The number of hydrogen-bond acceptors (Lipinski definition) is 17. The van der Waals surface area contributed by atoms with E-state index in [0.29, 0.717) is 77.4 Å². The van der Waals surface area contributed by atoms with Crippen molar-refractivity contribution in [3.05, 3.63) is 107 Å². The number of urea groups is 1. The molecular weight excluding hydrogens is 988 g/mol. The molecule has 6 aliphatic rings. The second-order valence-electron chi connectivity index (χ2n) is 19.8. The maximum Gasteiger partial charge on any atom is 0.329 e. The minimum atomic E-state index is -0.619. The lowest BCUT2D eigenvalue weighted by molar-refractivity contribution is -0.142. The highest BCUT2D eigenvalue weighted by Crippen LogP contribution is 2.44. The summed E-state index contributed by atoms with van der Waals surface area (Å²) in [5, 5.41) is 7.68. The molecule has 74 heavy (non-hydrogen) atoms. The van der Waals surface area contributed by atoms with Gasteiger partial charge in [0, 0.05) is 79.3 Å². The van der Waals surface area contributed by atoms with Gasteiger partial charge in [0.15, 0.2) is 23.2 Å². The van der Waals surface area contributed by atoms with E-state index in [1.165, 1.54) is 0 Å². The van der Waals surface area contributed by atoms with Crippen LogP contribution in [0.25, 0.3) is 22.5 Å². The fourth-order valence-corrected chi connectivity index (χ4v) is 10.2. The summed E-state index contributed by atoms with van der Waals surface area (Å²) in [6.45, 7) is 16.8. The standard InChI is InChI=1S/C27H29ClN6O4.C15H15ClN4.C11H16N2O3/c1-16-11-17(7-9-29-16)24-20(28)12-21-25(32-24)34(18-8-10-33(21)13-18)26(35)31-22-5-4-6-23(30-22)36-14-19-15-37-27(2,3)38-19;1-9-6-10(2-4-17-9)14-12(16)7-13-15(19-14)18-11-3-5-20(13)8-11;1-11(2)15-7-8(16-11)6-14-10-5-3-4-9(12)13-10/h4-7,9,11-12,18-19H,8,10,13-15H2,1-3H3,(H,30,31,35);2,4,6-7,11H,3,5,8H2,1H3,(H,18,19);3-5,8H,6-7H2,1-2H3,(H2,12,13)/t18-,19+;11-;8-/m001/s1. The number of nitrogens with one attached hydrogen (secondary N) is 2. The smallest absolute Gasteiger partial charge is 0.329 e. The second kappa shape index (κ2) is 21.3. The van der Waals surface area contributed by atoms with Gasteiger partial charge in [-0.2, -0.15) is 9.97 Å². The molecule has 0 aliphatic carbocycles. The van der Waals surface area contributed by atoms with Crippen LogP contribution in [0, 0.1) is 13.8 Å². The molecule has 2 amide bonds. The highest BCUT2D eigenvalue weighted by Gasteiger charge is 2.41. The number of aryl methyl sites for hydroxylation is 2. The minimum absolute atomic E-state index is 0.00879. The summed E-state index contributed by atoms with van der Waals surface area (Å²) in [5.41, 5.74) is 12.6. The van der Waals surface area contributed by atoms with Crippen molar-refractivity contribution in [2.45, 2.75) is 90.2 Å². The largest absolute Gasteiger partial charge is 0.475 e. The van der Waals surface area contributed by atoms with Gasteiger partial charge in [0.1, 0.15) is 37.1 Å². The quantitative estimate of drug-likeness (QED) is 0.123. The van der Waals surface area contributed by atoms with Crippen LogP contribution in [0.1, 0.15) is 51.9 Å². The SMILES string of the molecule is CC1(C)OC[C@@H](COc2cccc(N)n2)O1.Cc1cc(-c2nc3c(cc2Cl)N2CC[C@@H](C2)N3)ccn1.Cc1cc(-c2nc3c(cc2Cl)N2CC[C@@H](C2)N3C(=O)Nc2cccc(OC[C@@H]3COC(C)(C)O3)n2)ccn1. The molecule has 4 bridgehead atoms. The van der Waals surface area contributed by atoms with Gasteiger partial charge in [-0.15, -0.1) is 0 Å². The van der Waals surface area contributed by atoms with E-state index in [0.717, 1.165) is 84.4 Å². The topological polar surface area (TPSA) is 210 Å². The molecule has 4 atom stereocenters. The lowest BCUT2D eigenvalue weighted by Gasteiger charge is -2.36. The number of anilines is 6. The highest BCUT2D eigenvalue weighted by atomic mass is 35.5. The van der Waals surface area contributed by atoms with Gasteiger partial charge < -0.3 is 49.3 Å². The Balaban J connectivity index is 0.000000144. The minimum Gasteiger partial charge on any atom is -0.475 e. The van der Waals surface area contributed by atoms with E-state index in [9.17, 15) is 4.79 Å². The van der Waals surface area contributed by atoms with E-state index in [1.54, 1.807) is 53.7 Å². The van der Waals surface area contributed by atoms with Crippen molar-refractivity contribution < 1.29 is 33.2 Å². The van der Waals surface area contributed by atoms with Gasteiger partial charge >= 0.3 is 6.03 Å². The zero-order valence-electron chi connectivity index (χ0n) is 42.2. The number of carbonyl (C=O) groups is 1. The van der Waals surface area contributed by atoms with Crippen LogP contribution in [0.3, 0.4) is 0 Å². The zero-order chi connectivity index (χ0) is 51.7. The predicted octanol–water partition coefficient (Wildman–Crippen LogP) is 8.97. The molecule has 4 saturated heterocycles. The molecule has 0 radical (unpaired) electrons. The molecule has 19 nitrogen and oxygen atoms in total. The molecule has 0 spiro atoms. The molecule has 0 saturated carbocycles. The molecule has 4 N–H and O–H groups in total. The van der Waals surface area contributed by atoms with E-state index in [1.807, 2.05) is 77.9 Å². The van der Waals surface area contributed by atoms with Crippen molar-refractivity contribution in [2.24, 2.45) is 0 Å². The Morgan fingerprint density at radius 2 is 1.32 bits per heavy atom. The molecular formula is C53H60Cl2N12O7. The van der Waals surface area contributed by atoms with E-state index < -0.39 is 11.6 Å². The van der Waals surface area contributed by atoms with Crippen molar-refractivity contribution in [1.29, 1.82) is 0 Å². The average molecular weight is 1050 g/mol. The number of nitrogens with two attached hydrogens (primary N) is 1. The number of fused-ring (bicyclic) bond motifs is 8. The summed E-state index contributed by atoms with van der Waals surface area (Å²) in [6, 6.07) is 22.4. The first-order chi connectivity index (χ1) is 35.5. The first kappa shape index (κ1) is 50.9. The van der Waals surface area contributed by atoms with Crippen LogP contribution in [0.15, 0.2) is 85.2 Å². The number of pyridine rings is 6. The summed E-state index contributed by atoms with van der Waals surface area (Å²) in [4.78, 5) is 46.6. The van der Waals surface area contributed by atoms with Crippen LogP contribution in [-0.2, 0) is 18.9 Å². The summed E-state index contributed by atoms with van der Waals surface area (Å²) in [5.74, 6) is 2.13. The van der Waals surface area contributed by atoms with E-state index >= 15 is 0 Å². The van der Waals surface area contributed by atoms with Gasteiger partial charge in [0.2, 0.25) is 11.8 Å². The lowest BCUT2D eigenvalue weighted by atomic mass is 10.1. The third-order valence-corrected chi connectivity index (χ3v) is 13.7. The van der Waals surface area contributed by atoms with E-state index in [4.69, 9.17) is 67.3 Å². The molecule has 6 aliphatic heterocycles. The molecule has 12 heterocycles. The second-order valence-corrected chi connectivity index (χ2v) is 20.6. The monoisotopic (exact) mass is 1050 g/mol. The van der Waals surface area contributed by atoms with Crippen LogP contribution in [0.5, 0.6) is 11.8 Å². The zero-order valence-corrected chi connectivity index (χ0v) is 43.7. The number of rotatable bonds is 9. The lowest BCUT2D eigenvalue weighted by Crippen LogP contribution is -2.48. The highest BCUT2D eigenvalue weighted by molar-refractivity contribution is 6.34. The van der Waals surface area contributed by atoms with Gasteiger partial charge in [-0.1, -0.05) is 35.3 Å². The van der Waals surface area contributed by atoms with Crippen LogP contribution in [0.2, 0.25) is 10.0 Å². The average Bonchev–Trinajstić information content (AvgIpc) is 4.16. The molecule has 21 heteroatoms. The molecule has 6 aromatic heterocycles.